The van der Waals surface area contributed by atoms with E-state index in [4.69, 9.17) is 4.74 Å². The molecule has 0 bridgehead atoms. The summed E-state index contributed by atoms with van der Waals surface area (Å²) in [5.41, 5.74) is 0.731. The van der Waals surface area contributed by atoms with Crippen LogP contribution in [-0.4, -0.2) is 27.2 Å². The van der Waals surface area contributed by atoms with E-state index in [1.165, 1.54) is 24.4 Å². The van der Waals surface area contributed by atoms with Crippen molar-refractivity contribution in [3.63, 3.8) is 0 Å². The number of ether oxygens (including phenoxy) is 2. The molecule has 0 saturated heterocycles. The summed E-state index contributed by atoms with van der Waals surface area (Å²) in [7, 11) is 0. The van der Waals surface area contributed by atoms with Gasteiger partial charge in [-0.1, -0.05) is 13.0 Å². The van der Waals surface area contributed by atoms with Gasteiger partial charge in [0, 0.05) is 30.6 Å². The van der Waals surface area contributed by atoms with Gasteiger partial charge in [-0.05, 0) is 48.5 Å². The Kier molecular flexibility index (Phi) is 7.09. The van der Waals surface area contributed by atoms with Gasteiger partial charge in [-0.2, -0.15) is 0 Å². The summed E-state index contributed by atoms with van der Waals surface area (Å²) in [6.07, 6.45) is -1.14. The predicted molar refractivity (Wildman–Crippen MR) is 122 cm³/mol. The number of aromatic nitrogens is 3. The van der Waals surface area contributed by atoms with Crippen LogP contribution < -0.4 is 14.8 Å². The molecule has 0 radical (unpaired) electrons. The topological polar surface area (TPSA) is 86.2 Å². The van der Waals surface area contributed by atoms with Gasteiger partial charge >= 0.3 is 6.36 Å². The molecule has 0 aliphatic heterocycles. The average Bonchev–Trinajstić information content (AvgIpc) is 2.84. The molecule has 1 N–H and O–H groups in total. The van der Waals surface area contributed by atoms with Crippen LogP contribution in [-0.2, 0) is 6.42 Å². The first kappa shape index (κ1) is 24.6. The highest BCUT2D eigenvalue weighted by Crippen LogP contribution is 2.31. The van der Waals surface area contributed by atoms with Crippen LogP contribution in [0.4, 0.5) is 23.2 Å². The molecule has 0 saturated carbocycles. The highest BCUT2D eigenvalue weighted by molar-refractivity contribution is 6.04. The fraction of sp³-hybridized carbons (Fsp3) is 0.120. The molecule has 0 spiro atoms. The van der Waals surface area contributed by atoms with Crippen LogP contribution in [0.3, 0.4) is 0 Å². The van der Waals surface area contributed by atoms with Crippen molar-refractivity contribution >= 4 is 11.6 Å². The second-order valence-corrected chi connectivity index (χ2v) is 7.34. The molecule has 4 aromatic rings. The molecule has 0 aliphatic carbocycles. The average molecular weight is 498 g/mol. The van der Waals surface area contributed by atoms with Gasteiger partial charge in [-0.15, -0.1) is 13.2 Å². The number of amides is 1. The number of hydrogen-bond donors (Lipinski definition) is 1. The summed E-state index contributed by atoms with van der Waals surface area (Å²) in [6, 6.07) is 13.3. The largest absolute Gasteiger partial charge is 0.573 e. The van der Waals surface area contributed by atoms with E-state index < -0.39 is 23.8 Å². The van der Waals surface area contributed by atoms with Gasteiger partial charge in [0.25, 0.3) is 5.91 Å². The predicted octanol–water partition coefficient (Wildman–Crippen LogP) is 6.18. The number of nitrogens with one attached hydrogen (secondary N) is 1. The summed E-state index contributed by atoms with van der Waals surface area (Å²) in [6.45, 7) is 1.92. The molecule has 4 rings (SSSR count). The van der Waals surface area contributed by atoms with Crippen LogP contribution in [0.15, 0.2) is 73.1 Å². The molecule has 0 aliphatic rings. The number of rotatable bonds is 7. The van der Waals surface area contributed by atoms with Gasteiger partial charge in [-0.25, -0.2) is 19.3 Å². The molecule has 2 aromatic carbocycles. The second kappa shape index (κ2) is 10.4. The lowest BCUT2D eigenvalue weighted by atomic mass is 10.1. The Balaban J connectivity index is 1.57. The smallest absolute Gasteiger partial charge is 0.438 e. The van der Waals surface area contributed by atoms with Gasteiger partial charge in [0.2, 0.25) is 5.88 Å². The summed E-state index contributed by atoms with van der Waals surface area (Å²) >= 11 is 0. The Hall–Kier alpha value is -4.54. The van der Waals surface area contributed by atoms with Gasteiger partial charge < -0.3 is 14.8 Å². The molecule has 7 nitrogen and oxygen atoms in total. The molecule has 2 heterocycles. The molecular formula is C25H18F4N4O3. The Bertz CT molecular complexity index is 1400. The number of halogens is 4. The molecule has 2 aromatic heterocycles. The number of alkyl halides is 3. The number of carbonyl (C=O) groups is 1. The number of anilines is 1. The lowest BCUT2D eigenvalue weighted by Crippen LogP contribution is -2.17. The quantitative estimate of drug-likeness (QED) is 0.306. The fourth-order valence-electron chi connectivity index (χ4n) is 3.21. The van der Waals surface area contributed by atoms with Gasteiger partial charge in [-0.3, -0.25) is 4.79 Å². The van der Waals surface area contributed by atoms with E-state index in [-0.39, 0.29) is 22.9 Å². The van der Waals surface area contributed by atoms with Crippen molar-refractivity contribution in [2.24, 2.45) is 0 Å². The number of benzene rings is 2. The van der Waals surface area contributed by atoms with Gasteiger partial charge in [0.05, 0.1) is 16.8 Å². The van der Waals surface area contributed by atoms with E-state index in [0.717, 1.165) is 24.3 Å². The van der Waals surface area contributed by atoms with E-state index in [0.29, 0.717) is 23.5 Å². The molecule has 36 heavy (non-hydrogen) atoms. The van der Waals surface area contributed by atoms with Gasteiger partial charge in [0.1, 0.15) is 23.1 Å². The Morgan fingerprint density at radius 2 is 1.81 bits per heavy atom. The number of carbonyl (C=O) groups excluding carboxylic acids is 1. The molecular weight excluding hydrogens is 480 g/mol. The van der Waals surface area contributed by atoms with Gasteiger partial charge in [0.15, 0.2) is 0 Å². The monoisotopic (exact) mass is 498 g/mol. The third kappa shape index (κ3) is 6.12. The first-order valence-electron chi connectivity index (χ1n) is 10.6. The molecule has 0 atom stereocenters. The van der Waals surface area contributed by atoms with Crippen molar-refractivity contribution < 1.29 is 31.8 Å². The minimum Gasteiger partial charge on any atom is -0.438 e. The molecule has 1 amide bonds. The zero-order chi connectivity index (χ0) is 25.7. The van der Waals surface area contributed by atoms with Crippen molar-refractivity contribution in [1.82, 2.24) is 15.0 Å². The molecule has 184 valence electrons. The van der Waals surface area contributed by atoms with Crippen molar-refractivity contribution in [3.8, 4) is 28.6 Å². The number of hydrogen-bond acceptors (Lipinski definition) is 6. The Morgan fingerprint density at radius 1 is 0.972 bits per heavy atom. The van der Waals surface area contributed by atoms with Crippen LogP contribution >= 0.6 is 0 Å². The summed E-state index contributed by atoms with van der Waals surface area (Å²) in [4.78, 5) is 25.6. The first-order valence-corrected chi connectivity index (χ1v) is 10.6. The summed E-state index contributed by atoms with van der Waals surface area (Å²) in [5, 5.41) is 2.35. The van der Waals surface area contributed by atoms with Crippen LogP contribution in [0.5, 0.6) is 17.4 Å². The molecule has 11 heteroatoms. The maximum absolute atomic E-state index is 14.5. The van der Waals surface area contributed by atoms with E-state index in [1.54, 1.807) is 24.4 Å². The van der Waals surface area contributed by atoms with Crippen molar-refractivity contribution in [3.05, 3.63) is 90.3 Å². The van der Waals surface area contributed by atoms with Crippen LogP contribution in [0.2, 0.25) is 0 Å². The second-order valence-electron chi connectivity index (χ2n) is 7.34. The standard InChI is InChI=1S/C25H18F4N4O3/c1-2-22-30-12-10-21(33-22)18-7-4-11-31-24(18)35-16-8-9-20(26)19(14-16)23(34)32-15-5-3-6-17(13-15)36-25(27,28)29/h3-14H,2H2,1H3,(H,32,34). The van der Waals surface area contributed by atoms with Crippen molar-refractivity contribution in [2.45, 2.75) is 19.7 Å². The van der Waals surface area contributed by atoms with E-state index in [1.807, 2.05) is 6.92 Å². The Morgan fingerprint density at radius 3 is 2.58 bits per heavy atom. The van der Waals surface area contributed by atoms with E-state index >= 15 is 0 Å². The third-order valence-corrected chi connectivity index (χ3v) is 4.79. The SMILES string of the molecule is CCc1nccc(-c2cccnc2Oc2ccc(F)c(C(=O)Nc3cccc(OC(F)(F)F)c3)c2)n1. The Labute approximate surface area is 202 Å². The molecule has 0 unspecified atom stereocenters. The van der Waals surface area contributed by atoms with Crippen molar-refractivity contribution in [2.75, 3.05) is 5.32 Å². The maximum atomic E-state index is 14.5. The summed E-state index contributed by atoms with van der Waals surface area (Å²) in [5.74, 6) is -1.36. The van der Waals surface area contributed by atoms with Crippen molar-refractivity contribution in [1.29, 1.82) is 0 Å². The highest BCUT2D eigenvalue weighted by Gasteiger charge is 2.31. The zero-order valence-corrected chi connectivity index (χ0v) is 18.7. The number of pyridine rings is 1. The molecule has 0 fully saturated rings. The third-order valence-electron chi connectivity index (χ3n) is 4.79. The number of nitrogens with zero attached hydrogens (tertiary/aromatic N) is 3. The minimum atomic E-state index is -4.89. The highest BCUT2D eigenvalue weighted by atomic mass is 19.4. The first-order chi connectivity index (χ1) is 17.2. The lowest BCUT2D eigenvalue weighted by molar-refractivity contribution is -0.274. The zero-order valence-electron chi connectivity index (χ0n) is 18.7. The summed E-state index contributed by atoms with van der Waals surface area (Å²) < 4.78 is 61.6. The lowest BCUT2D eigenvalue weighted by Gasteiger charge is -2.12. The normalized spacial score (nSPS) is 11.1. The maximum Gasteiger partial charge on any atom is 0.573 e. The minimum absolute atomic E-state index is 0.0185. The number of aryl methyl sites for hydroxylation is 1. The van der Waals surface area contributed by atoms with E-state index in [2.05, 4.69) is 25.0 Å². The fourth-order valence-corrected chi connectivity index (χ4v) is 3.21. The van der Waals surface area contributed by atoms with Crippen LogP contribution in [0.25, 0.3) is 11.3 Å². The van der Waals surface area contributed by atoms with Crippen LogP contribution in [0, 0.1) is 5.82 Å². The van der Waals surface area contributed by atoms with E-state index in [9.17, 15) is 22.4 Å². The van der Waals surface area contributed by atoms with Crippen LogP contribution in [0.1, 0.15) is 23.1 Å².